The Morgan fingerprint density at radius 3 is 2.64 bits per heavy atom. The van der Waals surface area contributed by atoms with E-state index in [0.29, 0.717) is 24.5 Å². The van der Waals surface area contributed by atoms with Gasteiger partial charge < -0.3 is 14.8 Å². The van der Waals surface area contributed by atoms with Crippen molar-refractivity contribution in [1.29, 1.82) is 0 Å². The molecule has 1 fully saturated rings. The summed E-state index contributed by atoms with van der Waals surface area (Å²) in [6.45, 7) is 0.389. The van der Waals surface area contributed by atoms with Crippen molar-refractivity contribution >= 4 is 11.6 Å². The van der Waals surface area contributed by atoms with Gasteiger partial charge in [0.25, 0.3) is 0 Å². The van der Waals surface area contributed by atoms with Crippen LogP contribution in [0.2, 0.25) is 0 Å². The Bertz CT molecular complexity index is 767. The number of amides is 1. The molecular weight excluding hydrogens is 373 g/mol. The van der Waals surface area contributed by atoms with Crippen LogP contribution in [0.3, 0.4) is 0 Å². The highest BCUT2D eigenvalue weighted by molar-refractivity contribution is 5.90. The largest absolute Gasteiger partial charge is 0.489 e. The highest BCUT2D eigenvalue weighted by Gasteiger charge is 2.45. The quantitative estimate of drug-likeness (QED) is 0.752. The maximum absolute atomic E-state index is 12.6. The van der Waals surface area contributed by atoms with Crippen LogP contribution in [0.4, 0.5) is 18.9 Å². The summed E-state index contributed by atoms with van der Waals surface area (Å²) in [5.41, 5.74) is 1.54. The number of nitrogens with zero attached hydrogens (tertiary/aromatic N) is 1. The molecule has 2 heterocycles. The minimum absolute atomic E-state index is 0.0453. The average molecular weight is 394 g/mol. The lowest BCUT2D eigenvalue weighted by Gasteiger charge is -2.16. The Hall–Kier alpha value is -2.61. The van der Waals surface area contributed by atoms with Gasteiger partial charge in [-0.2, -0.15) is 13.2 Å². The first-order chi connectivity index (χ1) is 13.4. The maximum Gasteiger partial charge on any atom is 0.414 e. The summed E-state index contributed by atoms with van der Waals surface area (Å²) < 4.78 is 48.4. The van der Waals surface area contributed by atoms with E-state index in [1.807, 2.05) is 12.1 Å². The van der Waals surface area contributed by atoms with E-state index in [1.165, 1.54) is 0 Å². The fraction of sp³-hybridized carbons (Fsp3) is 0.400. The summed E-state index contributed by atoms with van der Waals surface area (Å²) in [5.74, 6) is 0.391. The molecule has 0 unspecified atom stereocenters. The van der Waals surface area contributed by atoms with Gasteiger partial charge in [-0.15, -0.1) is 0 Å². The maximum atomic E-state index is 12.6. The van der Waals surface area contributed by atoms with Gasteiger partial charge in [-0.25, -0.2) is 0 Å². The van der Waals surface area contributed by atoms with E-state index in [2.05, 4.69) is 10.3 Å². The molecule has 0 radical (unpaired) electrons. The van der Waals surface area contributed by atoms with Crippen molar-refractivity contribution in [2.24, 2.45) is 0 Å². The fourth-order valence-corrected chi connectivity index (χ4v) is 2.96. The number of hydrogen-bond donors (Lipinski definition) is 1. The molecule has 1 amide bonds. The lowest BCUT2D eigenvalue weighted by atomic mass is 10.1. The number of benzene rings is 1. The number of rotatable bonds is 7. The van der Waals surface area contributed by atoms with Crippen molar-refractivity contribution in [2.75, 3.05) is 5.32 Å². The zero-order chi connectivity index (χ0) is 20.0. The second kappa shape index (κ2) is 9.05. The number of halogens is 3. The number of carbonyl (C=O) groups is 1. The molecule has 3 rings (SSSR count). The molecule has 0 saturated carbocycles. The Labute approximate surface area is 160 Å². The first-order valence-electron chi connectivity index (χ1n) is 9.04. The van der Waals surface area contributed by atoms with Crippen molar-refractivity contribution in [3.8, 4) is 5.75 Å². The molecule has 28 heavy (non-hydrogen) atoms. The van der Waals surface area contributed by atoms with E-state index >= 15 is 0 Å². The molecule has 1 N–H and O–H groups in total. The number of alkyl halides is 3. The first-order valence-corrected chi connectivity index (χ1v) is 9.04. The van der Waals surface area contributed by atoms with Crippen LogP contribution in [-0.2, 0) is 16.1 Å². The van der Waals surface area contributed by atoms with E-state index in [-0.39, 0.29) is 25.2 Å². The molecule has 150 valence electrons. The number of anilines is 1. The van der Waals surface area contributed by atoms with Gasteiger partial charge in [-0.3, -0.25) is 9.78 Å². The molecular formula is C20H21F3N2O3. The molecule has 2 aromatic rings. The Morgan fingerprint density at radius 2 is 2.00 bits per heavy atom. The van der Waals surface area contributed by atoms with E-state index < -0.39 is 18.4 Å². The van der Waals surface area contributed by atoms with Crippen molar-refractivity contribution in [2.45, 2.75) is 50.7 Å². The standard InChI is InChI=1S/C20H21F3N2O3/c21-20(22,23)18-9-7-17(28-18)8-10-19(26)25-15-3-5-16(6-4-15)27-13-14-2-1-11-24-12-14/h1-6,11-12,17-18H,7-10,13H2,(H,25,26)/t17-,18+/m1/s1. The third kappa shape index (κ3) is 5.95. The van der Waals surface area contributed by atoms with E-state index in [0.717, 1.165) is 5.56 Å². The number of pyridine rings is 1. The molecule has 1 aliphatic heterocycles. The molecule has 2 atom stereocenters. The summed E-state index contributed by atoms with van der Waals surface area (Å²) in [6, 6.07) is 10.6. The van der Waals surface area contributed by atoms with Crippen molar-refractivity contribution < 1.29 is 27.4 Å². The second-order valence-corrected chi connectivity index (χ2v) is 6.63. The highest BCUT2D eigenvalue weighted by Crippen LogP contribution is 2.34. The Morgan fingerprint density at radius 1 is 1.21 bits per heavy atom. The predicted octanol–water partition coefficient (Wildman–Crippen LogP) is 4.49. The number of aromatic nitrogens is 1. The van der Waals surface area contributed by atoms with Gasteiger partial charge in [0.1, 0.15) is 12.4 Å². The van der Waals surface area contributed by atoms with Crippen LogP contribution >= 0.6 is 0 Å². The van der Waals surface area contributed by atoms with E-state index in [4.69, 9.17) is 9.47 Å². The highest BCUT2D eigenvalue weighted by atomic mass is 19.4. The number of nitrogens with one attached hydrogen (secondary N) is 1. The van der Waals surface area contributed by atoms with Crippen LogP contribution in [-0.4, -0.2) is 29.3 Å². The zero-order valence-electron chi connectivity index (χ0n) is 15.1. The molecule has 1 saturated heterocycles. The number of carbonyl (C=O) groups excluding carboxylic acids is 1. The van der Waals surface area contributed by atoms with Crippen molar-refractivity contribution in [1.82, 2.24) is 4.98 Å². The molecule has 1 aliphatic rings. The topological polar surface area (TPSA) is 60.5 Å². The number of ether oxygens (including phenoxy) is 2. The smallest absolute Gasteiger partial charge is 0.414 e. The molecule has 0 spiro atoms. The SMILES string of the molecule is O=C(CC[C@H]1CC[C@@H](C(F)(F)F)O1)Nc1ccc(OCc2cccnc2)cc1. The van der Waals surface area contributed by atoms with Gasteiger partial charge in [0.05, 0.1) is 6.10 Å². The van der Waals surface area contributed by atoms with Crippen LogP contribution in [0, 0.1) is 0 Å². The molecule has 0 bridgehead atoms. The summed E-state index contributed by atoms with van der Waals surface area (Å²) in [5, 5.41) is 2.73. The molecule has 0 aliphatic carbocycles. The minimum Gasteiger partial charge on any atom is -0.489 e. The van der Waals surface area contributed by atoms with Crippen LogP contribution in [0.25, 0.3) is 0 Å². The fourth-order valence-electron chi connectivity index (χ4n) is 2.96. The number of hydrogen-bond acceptors (Lipinski definition) is 4. The first kappa shape index (κ1) is 20.1. The zero-order valence-corrected chi connectivity index (χ0v) is 15.1. The van der Waals surface area contributed by atoms with E-state index in [9.17, 15) is 18.0 Å². The molecule has 1 aromatic heterocycles. The van der Waals surface area contributed by atoms with Crippen LogP contribution in [0.1, 0.15) is 31.2 Å². The third-order valence-corrected chi connectivity index (χ3v) is 4.43. The Balaban J connectivity index is 1.40. The van der Waals surface area contributed by atoms with Gasteiger partial charge >= 0.3 is 6.18 Å². The average Bonchev–Trinajstić information content (AvgIpc) is 3.16. The predicted molar refractivity (Wildman–Crippen MR) is 96.8 cm³/mol. The van der Waals surface area contributed by atoms with Crippen LogP contribution < -0.4 is 10.1 Å². The minimum atomic E-state index is -4.34. The third-order valence-electron chi connectivity index (χ3n) is 4.43. The monoisotopic (exact) mass is 394 g/mol. The van der Waals surface area contributed by atoms with Crippen molar-refractivity contribution in [3.05, 3.63) is 54.4 Å². The van der Waals surface area contributed by atoms with Crippen molar-refractivity contribution in [3.63, 3.8) is 0 Å². The second-order valence-electron chi connectivity index (χ2n) is 6.63. The van der Waals surface area contributed by atoms with Crippen LogP contribution in [0.15, 0.2) is 48.8 Å². The molecule has 1 aromatic carbocycles. The molecule has 5 nitrogen and oxygen atoms in total. The van der Waals surface area contributed by atoms with Gasteiger partial charge in [0, 0.05) is 30.1 Å². The van der Waals surface area contributed by atoms with Crippen LogP contribution in [0.5, 0.6) is 5.75 Å². The lowest BCUT2D eigenvalue weighted by molar-refractivity contribution is -0.215. The molecule has 8 heteroatoms. The summed E-state index contributed by atoms with van der Waals surface area (Å²) >= 11 is 0. The van der Waals surface area contributed by atoms with Gasteiger partial charge in [0.2, 0.25) is 5.91 Å². The van der Waals surface area contributed by atoms with Gasteiger partial charge in [0.15, 0.2) is 6.10 Å². The summed E-state index contributed by atoms with van der Waals surface area (Å²) in [7, 11) is 0. The van der Waals surface area contributed by atoms with Gasteiger partial charge in [-0.1, -0.05) is 6.07 Å². The summed E-state index contributed by atoms with van der Waals surface area (Å²) in [4.78, 5) is 16.0. The van der Waals surface area contributed by atoms with E-state index in [1.54, 1.807) is 36.7 Å². The lowest BCUT2D eigenvalue weighted by Crippen LogP contribution is -2.29. The van der Waals surface area contributed by atoms with Gasteiger partial charge in [-0.05, 0) is 49.6 Å². The Kier molecular flexibility index (Phi) is 6.51. The normalized spacial score (nSPS) is 19.4. The summed E-state index contributed by atoms with van der Waals surface area (Å²) in [6.07, 6.45) is -2.51.